The number of hydrogen-bond acceptors (Lipinski definition) is 6. The van der Waals surface area contributed by atoms with E-state index in [0.717, 1.165) is 16.2 Å². The number of rotatable bonds is 6. The minimum atomic E-state index is -0.611. The molecule has 0 bridgehead atoms. The lowest BCUT2D eigenvalue weighted by molar-refractivity contribution is -0.383. The minimum absolute atomic E-state index is 0.0199. The maximum atomic E-state index is 12.3. The number of nitro benzene ring substituents is 1. The molecule has 1 aromatic heterocycles. The summed E-state index contributed by atoms with van der Waals surface area (Å²) in [6, 6.07) is 15.3. The summed E-state index contributed by atoms with van der Waals surface area (Å²) in [6.07, 6.45) is 3.56. The molecule has 0 aliphatic heterocycles. The number of amides is 1. The maximum Gasteiger partial charge on any atom is 0.292 e. The molecule has 0 fully saturated rings. The summed E-state index contributed by atoms with van der Waals surface area (Å²) in [6.45, 7) is 0. The van der Waals surface area contributed by atoms with Crippen molar-refractivity contribution in [2.24, 2.45) is 0 Å². The predicted octanol–water partition coefficient (Wildman–Crippen LogP) is 4.12. The van der Waals surface area contributed by atoms with Gasteiger partial charge in [-0.25, -0.2) is 0 Å². The van der Waals surface area contributed by atoms with Gasteiger partial charge in [0, 0.05) is 40.4 Å². The van der Waals surface area contributed by atoms with E-state index in [1.165, 1.54) is 18.2 Å². The Bertz CT molecular complexity index is 962. The normalized spacial score (nSPS) is 10.4. The van der Waals surface area contributed by atoms with E-state index in [2.05, 4.69) is 10.3 Å². The van der Waals surface area contributed by atoms with Crippen molar-refractivity contribution < 1.29 is 9.72 Å². The highest BCUT2D eigenvalue weighted by molar-refractivity contribution is 7.98. The number of nitro groups is 1. The standard InChI is InChI=1S/C19H16N4O3S/c20-17-8-3-14(10-18(17)23(25)26)19(24)22-15-4-6-16(7-5-15)27-12-13-2-1-9-21-11-13/h1-11H,12,20H2,(H,22,24). The van der Waals surface area contributed by atoms with Gasteiger partial charge >= 0.3 is 0 Å². The number of nitrogen functional groups attached to an aromatic ring is 1. The van der Waals surface area contributed by atoms with E-state index in [1.54, 1.807) is 30.1 Å². The van der Waals surface area contributed by atoms with E-state index >= 15 is 0 Å². The Hall–Kier alpha value is -3.39. The van der Waals surface area contributed by atoms with Crippen molar-refractivity contribution >= 4 is 34.7 Å². The minimum Gasteiger partial charge on any atom is -0.393 e. The zero-order chi connectivity index (χ0) is 19.2. The Labute approximate surface area is 159 Å². The van der Waals surface area contributed by atoms with Gasteiger partial charge in [0.2, 0.25) is 0 Å². The first-order chi connectivity index (χ1) is 13.0. The van der Waals surface area contributed by atoms with Gasteiger partial charge in [0.1, 0.15) is 5.69 Å². The molecule has 0 saturated carbocycles. The van der Waals surface area contributed by atoms with Gasteiger partial charge in [0.25, 0.3) is 11.6 Å². The maximum absolute atomic E-state index is 12.3. The summed E-state index contributed by atoms with van der Waals surface area (Å²) in [7, 11) is 0. The van der Waals surface area contributed by atoms with Gasteiger partial charge in [0.15, 0.2) is 0 Å². The second-order valence-corrected chi connectivity index (χ2v) is 6.71. The number of pyridine rings is 1. The molecule has 3 aromatic rings. The van der Waals surface area contributed by atoms with Crippen LogP contribution in [0, 0.1) is 10.1 Å². The highest BCUT2D eigenvalue weighted by Crippen LogP contribution is 2.25. The van der Waals surface area contributed by atoms with Crippen LogP contribution in [0.2, 0.25) is 0 Å². The SMILES string of the molecule is Nc1ccc(C(=O)Nc2ccc(SCc3cccnc3)cc2)cc1[N+](=O)[O-]. The number of nitrogens with zero attached hydrogens (tertiary/aromatic N) is 2. The van der Waals surface area contributed by atoms with E-state index < -0.39 is 10.8 Å². The topological polar surface area (TPSA) is 111 Å². The Morgan fingerprint density at radius 1 is 1.19 bits per heavy atom. The predicted molar refractivity (Wildman–Crippen MR) is 106 cm³/mol. The molecule has 0 unspecified atom stereocenters. The average Bonchev–Trinajstić information content (AvgIpc) is 2.68. The van der Waals surface area contributed by atoms with Crippen LogP contribution in [0.5, 0.6) is 0 Å². The summed E-state index contributed by atoms with van der Waals surface area (Å²) in [4.78, 5) is 27.8. The Kier molecular flexibility index (Phi) is 5.68. The van der Waals surface area contributed by atoms with Crippen molar-refractivity contribution in [3.63, 3.8) is 0 Å². The zero-order valence-corrected chi connectivity index (χ0v) is 15.0. The molecule has 2 aromatic carbocycles. The third kappa shape index (κ3) is 4.83. The summed E-state index contributed by atoms with van der Waals surface area (Å²) in [5.41, 5.74) is 7.19. The van der Waals surface area contributed by atoms with Crippen LogP contribution in [0.3, 0.4) is 0 Å². The lowest BCUT2D eigenvalue weighted by atomic mass is 10.1. The number of aromatic nitrogens is 1. The third-order valence-electron chi connectivity index (χ3n) is 3.73. The number of nitrogens with two attached hydrogens (primary N) is 1. The van der Waals surface area contributed by atoms with Crippen LogP contribution in [-0.4, -0.2) is 15.8 Å². The van der Waals surface area contributed by atoms with Gasteiger partial charge in [-0.15, -0.1) is 11.8 Å². The molecular formula is C19H16N4O3S. The molecule has 8 heteroatoms. The number of benzene rings is 2. The molecule has 1 amide bonds. The Morgan fingerprint density at radius 2 is 1.96 bits per heavy atom. The van der Waals surface area contributed by atoms with Gasteiger partial charge in [0.05, 0.1) is 4.92 Å². The summed E-state index contributed by atoms with van der Waals surface area (Å²) >= 11 is 1.66. The van der Waals surface area contributed by atoms with Crippen molar-refractivity contribution in [2.75, 3.05) is 11.1 Å². The number of hydrogen-bond donors (Lipinski definition) is 2. The molecule has 0 atom stereocenters. The van der Waals surface area contributed by atoms with Crippen LogP contribution < -0.4 is 11.1 Å². The van der Waals surface area contributed by atoms with Crippen LogP contribution in [0.4, 0.5) is 17.1 Å². The van der Waals surface area contributed by atoms with E-state index in [0.29, 0.717) is 5.69 Å². The first-order valence-electron chi connectivity index (χ1n) is 8.00. The van der Waals surface area contributed by atoms with E-state index in [-0.39, 0.29) is 16.9 Å². The second-order valence-electron chi connectivity index (χ2n) is 5.66. The highest BCUT2D eigenvalue weighted by Gasteiger charge is 2.15. The smallest absolute Gasteiger partial charge is 0.292 e. The molecule has 0 aliphatic rings. The van der Waals surface area contributed by atoms with Crippen LogP contribution in [0.1, 0.15) is 15.9 Å². The number of nitrogens with one attached hydrogen (secondary N) is 1. The van der Waals surface area contributed by atoms with Crippen molar-refractivity contribution in [3.8, 4) is 0 Å². The quantitative estimate of drug-likeness (QED) is 0.288. The molecule has 0 aliphatic carbocycles. The van der Waals surface area contributed by atoms with Gasteiger partial charge in [-0.05, 0) is 48.0 Å². The van der Waals surface area contributed by atoms with Crippen molar-refractivity contribution in [1.82, 2.24) is 4.98 Å². The van der Waals surface area contributed by atoms with Gasteiger partial charge in [-0.1, -0.05) is 6.07 Å². The molecule has 0 radical (unpaired) electrons. The monoisotopic (exact) mass is 380 g/mol. The number of thioether (sulfide) groups is 1. The van der Waals surface area contributed by atoms with E-state index in [1.807, 2.05) is 30.5 Å². The van der Waals surface area contributed by atoms with Crippen LogP contribution in [0.25, 0.3) is 0 Å². The number of anilines is 2. The summed E-state index contributed by atoms with van der Waals surface area (Å²) in [5, 5.41) is 13.7. The van der Waals surface area contributed by atoms with Gasteiger partial charge in [-0.3, -0.25) is 19.9 Å². The fraction of sp³-hybridized carbons (Fsp3) is 0.0526. The first-order valence-corrected chi connectivity index (χ1v) is 8.98. The second kappa shape index (κ2) is 8.33. The van der Waals surface area contributed by atoms with Crippen molar-refractivity contribution in [2.45, 2.75) is 10.6 Å². The fourth-order valence-electron chi connectivity index (χ4n) is 2.33. The zero-order valence-electron chi connectivity index (χ0n) is 14.2. The lowest BCUT2D eigenvalue weighted by Gasteiger charge is -2.07. The number of carbonyl (C=O) groups excluding carboxylic acids is 1. The molecule has 0 spiro atoms. The highest BCUT2D eigenvalue weighted by atomic mass is 32.2. The van der Waals surface area contributed by atoms with Crippen LogP contribution in [0.15, 0.2) is 71.9 Å². The van der Waals surface area contributed by atoms with Crippen molar-refractivity contribution in [1.29, 1.82) is 0 Å². The summed E-state index contributed by atoms with van der Waals surface area (Å²) < 4.78 is 0. The molecular weight excluding hydrogens is 364 g/mol. The average molecular weight is 380 g/mol. The number of carbonyl (C=O) groups is 1. The van der Waals surface area contributed by atoms with Crippen molar-refractivity contribution in [3.05, 3.63) is 88.2 Å². The third-order valence-corrected chi connectivity index (χ3v) is 4.81. The molecule has 27 heavy (non-hydrogen) atoms. The van der Waals surface area contributed by atoms with E-state index in [4.69, 9.17) is 5.73 Å². The Balaban J connectivity index is 1.63. The molecule has 3 N–H and O–H groups in total. The molecule has 136 valence electrons. The van der Waals surface area contributed by atoms with Gasteiger partial charge in [-0.2, -0.15) is 0 Å². The molecule has 7 nitrogen and oxygen atoms in total. The van der Waals surface area contributed by atoms with Gasteiger partial charge < -0.3 is 11.1 Å². The molecule has 1 heterocycles. The summed E-state index contributed by atoms with van der Waals surface area (Å²) in [5.74, 6) is 0.364. The lowest BCUT2D eigenvalue weighted by Crippen LogP contribution is -2.12. The fourth-order valence-corrected chi connectivity index (χ4v) is 3.16. The first kappa shape index (κ1) is 18.4. The van der Waals surface area contributed by atoms with Crippen LogP contribution in [-0.2, 0) is 5.75 Å². The van der Waals surface area contributed by atoms with E-state index in [9.17, 15) is 14.9 Å². The Morgan fingerprint density at radius 3 is 2.63 bits per heavy atom. The largest absolute Gasteiger partial charge is 0.393 e. The molecule has 0 saturated heterocycles. The molecule has 3 rings (SSSR count). The van der Waals surface area contributed by atoms with Crippen LogP contribution >= 0.6 is 11.8 Å².